The second-order valence-corrected chi connectivity index (χ2v) is 6.66. The molecule has 0 saturated carbocycles. The molecule has 1 fully saturated rings. The number of sulfonamides is 1. The van der Waals surface area contributed by atoms with Gasteiger partial charge in [-0.2, -0.15) is 0 Å². The highest BCUT2D eigenvalue weighted by Gasteiger charge is 2.18. The lowest BCUT2D eigenvalue weighted by Crippen LogP contribution is -2.42. The molecule has 0 aromatic heterocycles. The molecule has 1 heterocycles. The van der Waals surface area contributed by atoms with Crippen LogP contribution in [0, 0.1) is 0 Å². The van der Waals surface area contributed by atoms with Crippen LogP contribution in [0.1, 0.15) is 26.2 Å². The molecule has 1 amide bonds. The van der Waals surface area contributed by atoms with Crippen molar-refractivity contribution in [3.05, 3.63) is 0 Å². The molecule has 0 bridgehead atoms. The largest absolute Gasteiger partial charge is 0.377 e. The quantitative estimate of drug-likeness (QED) is 0.554. The van der Waals surface area contributed by atoms with Crippen LogP contribution < -0.4 is 15.8 Å². The second kappa shape index (κ2) is 7.78. The van der Waals surface area contributed by atoms with Crippen molar-refractivity contribution in [2.45, 2.75) is 38.3 Å². The minimum Gasteiger partial charge on any atom is -0.377 e. The standard InChI is InChI=1S/C11H23N3O4S/c1-9(12)11(15)13-5-7-19(16,17)14-8-10-4-2-3-6-18-10/h9-10,14H,2-8,12H2,1H3,(H,13,15)/t9-,10?/m1/s1. The van der Waals surface area contributed by atoms with Gasteiger partial charge in [-0.25, -0.2) is 13.1 Å². The number of amides is 1. The van der Waals surface area contributed by atoms with E-state index in [0.29, 0.717) is 13.2 Å². The van der Waals surface area contributed by atoms with Crippen molar-refractivity contribution in [3.8, 4) is 0 Å². The van der Waals surface area contributed by atoms with E-state index in [2.05, 4.69) is 10.0 Å². The average Bonchev–Trinajstić information content (AvgIpc) is 2.37. The van der Waals surface area contributed by atoms with Crippen LogP contribution in [-0.4, -0.2) is 51.9 Å². The highest BCUT2D eigenvalue weighted by atomic mass is 32.2. The van der Waals surface area contributed by atoms with E-state index in [9.17, 15) is 13.2 Å². The van der Waals surface area contributed by atoms with Gasteiger partial charge in [-0.05, 0) is 26.2 Å². The Morgan fingerprint density at radius 2 is 2.21 bits per heavy atom. The molecule has 0 aromatic rings. The van der Waals surface area contributed by atoms with Crippen molar-refractivity contribution in [1.29, 1.82) is 0 Å². The molecule has 0 spiro atoms. The monoisotopic (exact) mass is 293 g/mol. The first-order valence-corrected chi connectivity index (χ1v) is 8.18. The molecule has 8 heteroatoms. The zero-order valence-electron chi connectivity index (χ0n) is 11.2. The number of nitrogens with two attached hydrogens (primary N) is 1. The third-order valence-electron chi connectivity index (χ3n) is 2.89. The topological polar surface area (TPSA) is 111 Å². The summed E-state index contributed by atoms with van der Waals surface area (Å²) in [6, 6.07) is -0.633. The lowest BCUT2D eigenvalue weighted by molar-refractivity contribution is -0.121. The van der Waals surface area contributed by atoms with E-state index in [0.717, 1.165) is 19.3 Å². The number of hydrogen-bond donors (Lipinski definition) is 3. The van der Waals surface area contributed by atoms with Gasteiger partial charge in [-0.1, -0.05) is 0 Å². The summed E-state index contributed by atoms with van der Waals surface area (Å²) in [5.41, 5.74) is 5.35. The summed E-state index contributed by atoms with van der Waals surface area (Å²) in [5, 5.41) is 2.46. The Labute approximate surface area is 114 Å². The van der Waals surface area contributed by atoms with Crippen molar-refractivity contribution in [2.75, 3.05) is 25.4 Å². The molecular formula is C11H23N3O4S. The molecular weight excluding hydrogens is 270 g/mol. The summed E-state index contributed by atoms with van der Waals surface area (Å²) in [4.78, 5) is 11.2. The van der Waals surface area contributed by atoms with Crippen LogP contribution in [0.4, 0.5) is 0 Å². The van der Waals surface area contributed by atoms with Crippen LogP contribution in [0.2, 0.25) is 0 Å². The number of hydrogen-bond acceptors (Lipinski definition) is 5. The fourth-order valence-corrected chi connectivity index (χ4v) is 2.69. The maximum atomic E-state index is 11.7. The Morgan fingerprint density at radius 1 is 1.47 bits per heavy atom. The SMILES string of the molecule is C[C@@H](N)C(=O)NCCS(=O)(=O)NCC1CCCCO1. The van der Waals surface area contributed by atoms with Crippen LogP contribution in [0.3, 0.4) is 0 Å². The maximum absolute atomic E-state index is 11.7. The molecule has 2 atom stereocenters. The summed E-state index contributed by atoms with van der Waals surface area (Å²) in [7, 11) is -3.39. The smallest absolute Gasteiger partial charge is 0.236 e. The van der Waals surface area contributed by atoms with Gasteiger partial charge < -0.3 is 15.8 Å². The Bertz CT molecular complexity index is 377. The van der Waals surface area contributed by atoms with Crippen LogP contribution >= 0.6 is 0 Å². The predicted molar refractivity (Wildman–Crippen MR) is 72.0 cm³/mol. The Balaban J connectivity index is 2.21. The molecule has 19 heavy (non-hydrogen) atoms. The molecule has 0 radical (unpaired) electrons. The highest BCUT2D eigenvalue weighted by molar-refractivity contribution is 7.89. The van der Waals surface area contributed by atoms with Gasteiger partial charge >= 0.3 is 0 Å². The predicted octanol–water partition coefficient (Wildman–Crippen LogP) is -1.06. The van der Waals surface area contributed by atoms with Gasteiger partial charge in [0, 0.05) is 19.7 Å². The van der Waals surface area contributed by atoms with E-state index < -0.39 is 16.1 Å². The fourth-order valence-electron chi connectivity index (χ4n) is 1.73. The summed E-state index contributed by atoms with van der Waals surface area (Å²) in [6.45, 7) is 2.59. The highest BCUT2D eigenvalue weighted by Crippen LogP contribution is 2.11. The number of carbonyl (C=O) groups is 1. The molecule has 112 valence electrons. The number of rotatable bonds is 7. The number of ether oxygens (including phenoxy) is 1. The van der Waals surface area contributed by atoms with Crippen LogP contribution in [0.5, 0.6) is 0 Å². The maximum Gasteiger partial charge on any atom is 0.236 e. The molecule has 7 nitrogen and oxygen atoms in total. The molecule has 1 aliphatic heterocycles. The summed E-state index contributed by atoms with van der Waals surface area (Å²) in [5.74, 6) is -0.510. The number of nitrogens with one attached hydrogen (secondary N) is 2. The van der Waals surface area contributed by atoms with Gasteiger partial charge in [-0.15, -0.1) is 0 Å². The van der Waals surface area contributed by atoms with Gasteiger partial charge in [0.1, 0.15) is 0 Å². The van der Waals surface area contributed by atoms with Gasteiger partial charge in [0.15, 0.2) is 0 Å². The van der Waals surface area contributed by atoms with E-state index >= 15 is 0 Å². The van der Waals surface area contributed by atoms with E-state index in [-0.39, 0.29) is 24.3 Å². The molecule has 1 saturated heterocycles. The first-order chi connectivity index (χ1) is 8.91. The van der Waals surface area contributed by atoms with Crippen molar-refractivity contribution < 1.29 is 17.9 Å². The summed E-state index contributed by atoms with van der Waals surface area (Å²) < 4.78 is 31.3. The van der Waals surface area contributed by atoms with Gasteiger partial charge in [0.05, 0.1) is 17.9 Å². The van der Waals surface area contributed by atoms with E-state index in [1.54, 1.807) is 6.92 Å². The Kier molecular flexibility index (Phi) is 6.70. The van der Waals surface area contributed by atoms with Gasteiger partial charge in [0.25, 0.3) is 0 Å². The Morgan fingerprint density at radius 3 is 2.79 bits per heavy atom. The lowest BCUT2D eigenvalue weighted by Gasteiger charge is -2.22. The lowest BCUT2D eigenvalue weighted by atomic mass is 10.1. The first-order valence-electron chi connectivity index (χ1n) is 6.53. The molecule has 1 rings (SSSR count). The van der Waals surface area contributed by atoms with Crippen LogP contribution in [0.25, 0.3) is 0 Å². The minimum atomic E-state index is -3.39. The van der Waals surface area contributed by atoms with Gasteiger partial charge in [0.2, 0.25) is 15.9 Å². The van der Waals surface area contributed by atoms with E-state index in [1.807, 2.05) is 0 Å². The second-order valence-electron chi connectivity index (χ2n) is 4.74. The summed E-state index contributed by atoms with van der Waals surface area (Å²) >= 11 is 0. The minimum absolute atomic E-state index is 0.0396. The van der Waals surface area contributed by atoms with E-state index in [4.69, 9.17) is 10.5 Å². The third kappa shape index (κ3) is 6.86. The Hall–Kier alpha value is -0.700. The molecule has 0 aliphatic carbocycles. The normalized spacial score (nSPS) is 21.9. The summed E-state index contributed by atoms with van der Waals surface area (Å²) in [6.07, 6.45) is 2.94. The first kappa shape index (κ1) is 16.4. The van der Waals surface area contributed by atoms with Crippen LogP contribution in [0.15, 0.2) is 0 Å². The molecule has 0 aromatic carbocycles. The zero-order valence-corrected chi connectivity index (χ0v) is 12.0. The molecule has 4 N–H and O–H groups in total. The zero-order chi connectivity index (χ0) is 14.3. The fraction of sp³-hybridized carbons (Fsp3) is 0.909. The van der Waals surface area contributed by atoms with Crippen LogP contribution in [-0.2, 0) is 19.6 Å². The van der Waals surface area contributed by atoms with E-state index in [1.165, 1.54) is 0 Å². The molecule has 1 aliphatic rings. The number of carbonyl (C=O) groups excluding carboxylic acids is 1. The molecule has 1 unspecified atom stereocenters. The average molecular weight is 293 g/mol. The third-order valence-corrected chi connectivity index (χ3v) is 4.24. The van der Waals surface area contributed by atoms with Crippen molar-refractivity contribution >= 4 is 15.9 Å². The van der Waals surface area contributed by atoms with Crippen molar-refractivity contribution in [2.24, 2.45) is 5.73 Å². The van der Waals surface area contributed by atoms with Gasteiger partial charge in [-0.3, -0.25) is 4.79 Å². The van der Waals surface area contributed by atoms with Crippen molar-refractivity contribution in [3.63, 3.8) is 0 Å². The van der Waals surface area contributed by atoms with Crippen molar-refractivity contribution in [1.82, 2.24) is 10.0 Å².